The minimum Gasteiger partial charge on any atom is -0.321 e. The number of hydrogen-bond donors (Lipinski definition) is 1. The minimum atomic E-state index is -0.328. The van der Waals surface area contributed by atoms with E-state index in [1.54, 1.807) is 0 Å². The Balaban J connectivity index is 2.01. The van der Waals surface area contributed by atoms with Gasteiger partial charge in [-0.2, -0.15) is 0 Å². The standard InChI is InChI=1S/C13H13N3/c14-13(12-7-15-9-16-8-12)5-10-3-1-2-4-11(10)6-13/h1-4,7-9H,5-6,14H2. The van der Waals surface area contributed by atoms with Crippen LogP contribution in [0.4, 0.5) is 0 Å². The van der Waals surface area contributed by atoms with Gasteiger partial charge in [0.25, 0.3) is 0 Å². The van der Waals surface area contributed by atoms with Crippen molar-refractivity contribution in [2.24, 2.45) is 5.73 Å². The van der Waals surface area contributed by atoms with Crippen molar-refractivity contribution in [1.82, 2.24) is 9.97 Å². The third-order valence-electron chi connectivity index (χ3n) is 3.27. The molecule has 1 aliphatic carbocycles. The van der Waals surface area contributed by atoms with E-state index in [0.29, 0.717) is 0 Å². The van der Waals surface area contributed by atoms with Crippen molar-refractivity contribution >= 4 is 0 Å². The quantitative estimate of drug-likeness (QED) is 0.776. The number of nitrogens with zero attached hydrogens (tertiary/aromatic N) is 2. The fourth-order valence-corrected chi connectivity index (χ4v) is 2.40. The zero-order chi connectivity index (χ0) is 11.0. The summed E-state index contributed by atoms with van der Waals surface area (Å²) in [5.41, 5.74) is 9.82. The lowest BCUT2D eigenvalue weighted by Gasteiger charge is -2.23. The molecule has 2 aromatic rings. The van der Waals surface area contributed by atoms with Gasteiger partial charge in [-0.25, -0.2) is 9.97 Å². The number of aromatic nitrogens is 2. The highest BCUT2D eigenvalue weighted by Crippen LogP contribution is 2.34. The van der Waals surface area contributed by atoms with Crippen molar-refractivity contribution in [3.05, 3.63) is 59.7 Å². The van der Waals surface area contributed by atoms with Gasteiger partial charge >= 0.3 is 0 Å². The molecular weight excluding hydrogens is 198 g/mol. The monoisotopic (exact) mass is 211 g/mol. The van der Waals surface area contributed by atoms with E-state index in [1.807, 2.05) is 12.4 Å². The van der Waals surface area contributed by atoms with Crippen LogP contribution in [0, 0.1) is 0 Å². The molecule has 0 saturated carbocycles. The van der Waals surface area contributed by atoms with Crippen LogP contribution in [0.2, 0.25) is 0 Å². The molecule has 0 fully saturated rings. The number of hydrogen-bond acceptors (Lipinski definition) is 3. The van der Waals surface area contributed by atoms with Gasteiger partial charge in [0.15, 0.2) is 0 Å². The van der Waals surface area contributed by atoms with Gasteiger partial charge in [0.2, 0.25) is 0 Å². The molecule has 0 unspecified atom stereocenters. The van der Waals surface area contributed by atoms with Gasteiger partial charge in [0, 0.05) is 18.0 Å². The van der Waals surface area contributed by atoms with Gasteiger partial charge in [0.1, 0.15) is 6.33 Å². The largest absolute Gasteiger partial charge is 0.321 e. The highest BCUT2D eigenvalue weighted by Gasteiger charge is 2.35. The van der Waals surface area contributed by atoms with E-state index in [4.69, 9.17) is 5.73 Å². The highest BCUT2D eigenvalue weighted by atomic mass is 14.8. The Morgan fingerprint density at radius 1 is 1.00 bits per heavy atom. The first kappa shape index (κ1) is 9.48. The molecule has 2 N–H and O–H groups in total. The first-order valence-electron chi connectivity index (χ1n) is 5.39. The molecule has 1 aromatic carbocycles. The average molecular weight is 211 g/mol. The zero-order valence-electron chi connectivity index (χ0n) is 8.93. The topological polar surface area (TPSA) is 51.8 Å². The Morgan fingerprint density at radius 3 is 2.12 bits per heavy atom. The molecule has 3 nitrogen and oxygen atoms in total. The molecule has 1 aromatic heterocycles. The predicted octanol–water partition coefficient (Wildman–Crippen LogP) is 1.43. The smallest absolute Gasteiger partial charge is 0.115 e. The molecule has 3 heteroatoms. The summed E-state index contributed by atoms with van der Waals surface area (Å²) in [6, 6.07) is 8.42. The second-order valence-corrected chi connectivity index (χ2v) is 4.41. The van der Waals surface area contributed by atoms with Gasteiger partial charge < -0.3 is 5.73 Å². The Bertz CT molecular complexity index is 483. The Kier molecular flexibility index (Phi) is 2.01. The summed E-state index contributed by atoms with van der Waals surface area (Å²) >= 11 is 0. The molecule has 1 heterocycles. The van der Waals surface area contributed by atoms with Crippen molar-refractivity contribution in [2.75, 3.05) is 0 Å². The Labute approximate surface area is 94.4 Å². The van der Waals surface area contributed by atoms with Crippen LogP contribution in [0.1, 0.15) is 16.7 Å². The Morgan fingerprint density at radius 2 is 1.56 bits per heavy atom. The minimum absolute atomic E-state index is 0.328. The van der Waals surface area contributed by atoms with E-state index >= 15 is 0 Å². The van der Waals surface area contributed by atoms with Gasteiger partial charge in [-0.15, -0.1) is 0 Å². The van der Waals surface area contributed by atoms with Gasteiger partial charge in [-0.3, -0.25) is 0 Å². The van der Waals surface area contributed by atoms with Crippen molar-refractivity contribution in [1.29, 1.82) is 0 Å². The second kappa shape index (κ2) is 3.39. The SMILES string of the molecule is NC1(c2cncnc2)Cc2ccccc2C1. The lowest BCUT2D eigenvalue weighted by atomic mass is 9.90. The van der Waals surface area contributed by atoms with E-state index in [9.17, 15) is 0 Å². The Hall–Kier alpha value is -1.74. The van der Waals surface area contributed by atoms with Crippen LogP contribution in [-0.4, -0.2) is 9.97 Å². The van der Waals surface area contributed by atoms with E-state index in [2.05, 4.69) is 34.2 Å². The summed E-state index contributed by atoms with van der Waals surface area (Å²) in [5, 5.41) is 0. The van der Waals surface area contributed by atoms with Gasteiger partial charge in [-0.05, 0) is 24.0 Å². The van der Waals surface area contributed by atoms with E-state index in [0.717, 1.165) is 18.4 Å². The number of rotatable bonds is 1. The van der Waals surface area contributed by atoms with Crippen LogP contribution in [0.15, 0.2) is 43.0 Å². The lowest BCUT2D eigenvalue weighted by molar-refractivity contribution is 0.469. The first-order chi connectivity index (χ1) is 7.78. The summed E-state index contributed by atoms with van der Waals surface area (Å²) < 4.78 is 0. The normalized spacial score (nSPS) is 17.1. The van der Waals surface area contributed by atoms with Crippen LogP contribution in [0.3, 0.4) is 0 Å². The van der Waals surface area contributed by atoms with Crippen molar-refractivity contribution in [3.8, 4) is 0 Å². The maximum absolute atomic E-state index is 6.45. The van der Waals surface area contributed by atoms with E-state index in [-0.39, 0.29) is 5.54 Å². The maximum atomic E-state index is 6.45. The summed E-state index contributed by atoms with van der Waals surface area (Å²) in [4.78, 5) is 8.09. The van der Waals surface area contributed by atoms with Crippen molar-refractivity contribution in [3.63, 3.8) is 0 Å². The van der Waals surface area contributed by atoms with E-state index < -0.39 is 0 Å². The molecule has 0 radical (unpaired) electrons. The second-order valence-electron chi connectivity index (χ2n) is 4.41. The predicted molar refractivity (Wildman–Crippen MR) is 61.7 cm³/mol. The van der Waals surface area contributed by atoms with Crippen molar-refractivity contribution < 1.29 is 0 Å². The lowest BCUT2D eigenvalue weighted by Crippen LogP contribution is -2.37. The van der Waals surface area contributed by atoms with Crippen LogP contribution in [0.25, 0.3) is 0 Å². The summed E-state index contributed by atoms with van der Waals surface area (Å²) in [6.45, 7) is 0. The number of benzene rings is 1. The molecular formula is C13H13N3. The molecule has 0 spiro atoms. The van der Waals surface area contributed by atoms with E-state index in [1.165, 1.54) is 17.5 Å². The molecule has 1 aliphatic rings. The number of nitrogens with two attached hydrogens (primary N) is 1. The summed E-state index contributed by atoms with van der Waals surface area (Å²) in [6.07, 6.45) is 6.92. The summed E-state index contributed by atoms with van der Waals surface area (Å²) in [5.74, 6) is 0. The molecule has 80 valence electrons. The molecule has 0 saturated heterocycles. The molecule has 0 bridgehead atoms. The first-order valence-corrected chi connectivity index (χ1v) is 5.39. The van der Waals surface area contributed by atoms with Crippen LogP contribution in [-0.2, 0) is 18.4 Å². The average Bonchev–Trinajstić information content (AvgIpc) is 2.68. The van der Waals surface area contributed by atoms with Crippen LogP contribution < -0.4 is 5.73 Å². The van der Waals surface area contributed by atoms with Crippen molar-refractivity contribution in [2.45, 2.75) is 18.4 Å². The fourth-order valence-electron chi connectivity index (χ4n) is 2.40. The molecule has 0 atom stereocenters. The fraction of sp³-hybridized carbons (Fsp3) is 0.231. The zero-order valence-corrected chi connectivity index (χ0v) is 8.93. The van der Waals surface area contributed by atoms with Gasteiger partial charge in [0.05, 0.1) is 5.54 Å². The van der Waals surface area contributed by atoms with Gasteiger partial charge in [-0.1, -0.05) is 24.3 Å². The third kappa shape index (κ3) is 1.41. The molecule has 16 heavy (non-hydrogen) atoms. The third-order valence-corrected chi connectivity index (χ3v) is 3.27. The molecule has 0 amide bonds. The number of fused-ring (bicyclic) bond motifs is 1. The highest BCUT2D eigenvalue weighted by molar-refractivity contribution is 5.39. The molecule has 0 aliphatic heterocycles. The molecule has 3 rings (SSSR count). The summed E-state index contributed by atoms with van der Waals surface area (Å²) in [7, 11) is 0. The van der Waals surface area contributed by atoms with Crippen LogP contribution in [0.5, 0.6) is 0 Å². The maximum Gasteiger partial charge on any atom is 0.115 e. The van der Waals surface area contributed by atoms with Crippen LogP contribution >= 0.6 is 0 Å².